The van der Waals surface area contributed by atoms with Crippen LogP contribution >= 0.6 is 0 Å². The second-order valence-corrected chi connectivity index (χ2v) is 4.23. The average Bonchev–Trinajstić information content (AvgIpc) is 2.41. The Morgan fingerprint density at radius 2 is 1.89 bits per heavy atom. The number of ether oxygens (including phenoxy) is 1. The highest BCUT2D eigenvalue weighted by Crippen LogP contribution is 2.20. The molecular formula is C16H12O3. The van der Waals surface area contributed by atoms with Gasteiger partial charge in [0.25, 0.3) is 0 Å². The van der Waals surface area contributed by atoms with E-state index in [1.54, 1.807) is 24.3 Å². The van der Waals surface area contributed by atoms with Crippen molar-refractivity contribution in [1.29, 1.82) is 0 Å². The van der Waals surface area contributed by atoms with Gasteiger partial charge in [0.15, 0.2) is 0 Å². The molecule has 1 aliphatic rings. The van der Waals surface area contributed by atoms with Crippen molar-refractivity contribution in [2.24, 2.45) is 5.92 Å². The zero-order chi connectivity index (χ0) is 13.7. The molecular weight excluding hydrogens is 240 g/mol. The molecule has 1 aromatic carbocycles. The van der Waals surface area contributed by atoms with E-state index in [0.29, 0.717) is 18.4 Å². The third-order valence-electron chi connectivity index (χ3n) is 2.80. The van der Waals surface area contributed by atoms with E-state index in [4.69, 9.17) is 0 Å². The lowest BCUT2D eigenvalue weighted by molar-refractivity contribution is -0.125. The van der Waals surface area contributed by atoms with Gasteiger partial charge < -0.3 is 4.74 Å². The van der Waals surface area contributed by atoms with Gasteiger partial charge in [-0.3, -0.25) is 4.79 Å². The van der Waals surface area contributed by atoms with E-state index in [-0.39, 0.29) is 17.7 Å². The normalized spacial score (nSPS) is 13.4. The van der Waals surface area contributed by atoms with Crippen LogP contribution < -0.4 is 0 Å². The van der Waals surface area contributed by atoms with Crippen LogP contribution in [0, 0.1) is 29.6 Å². The molecule has 0 aliphatic heterocycles. The third kappa shape index (κ3) is 3.47. The molecule has 1 fully saturated rings. The van der Waals surface area contributed by atoms with Gasteiger partial charge in [0.1, 0.15) is 5.78 Å². The molecule has 0 bridgehead atoms. The number of carbonyl (C=O) groups excluding carboxylic acids is 2. The lowest BCUT2D eigenvalue weighted by Gasteiger charge is -2.16. The Morgan fingerprint density at radius 1 is 1.21 bits per heavy atom. The van der Waals surface area contributed by atoms with Gasteiger partial charge in [-0.25, -0.2) is 4.79 Å². The van der Waals surface area contributed by atoms with E-state index < -0.39 is 0 Å². The van der Waals surface area contributed by atoms with E-state index in [2.05, 4.69) is 28.4 Å². The van der Waals surface area contributed by atoms with Crippen LogP contribution in [0.1, 0.15) is 28.8 Å². The Hall–Kier alpha value is -2.52. The van der Waals surface area contributed by atoms with E-state index in [0.717, 1.165) is 5.56 Å². The topological polar surface area (TPSA) is 43.4 Å². The van der Waals surface area contributed by atoms with Crippen molar-refractivity contribution in [3.05, 3.63) is 35.4 Å². The molecule has 0 radical (unpaired) electrons. The van der Waals surface area contributed by atoms with Crippen LogP contribution in [0.3, 0.4) is 0 Å². The SMILES string of the molecule is COC(=O)c1ccc(C#CC#CC2CC(=O)C2)cc1. The molecule has 19 heavy (non-hydrogen) atoms. The fourth-order valence-electron chi connectivity index (χ4n) is 1.64. The van der Waals surface area contributed by atoms with Gasteiger partial charge in [-0.1, -0.05) is 11.8 Å². The number of hydrogen-bond acceptors (Lipinski definition) is 3. The van der Waals surface area contributed by atoms with Crippen molar-refractivity contribution in [1.82, 2.24) is 0 Å². The van der Waals surface area contributed by atoms with Crippen molar-refractivity contribution in [2.45, 2.75) is 12.8 Å². The van der Waals surface area contributed by atoms with E-state index >= 15 is 0 Å². The first-order valence-electron chi connectivity index (χ1n) is 5.90. The average molecular weight is 252 g/mol. The van der Waals surface area contributed by atoms with Crippen molar-refractivity contribution in [3.63, 3.8) is 0 Å². The summed E-state index contributed by atoms with van der Waals surface area (Å²) in [6, 6.07) is 6.81. The fourth-order valence-corrected chi connectivity index (χ4v) is 1.64. The van der Waals surface area contributed by atoms with Gasteiger partial charge in [-0.15, -0.1) is 0 Å². The van der Waals surface area contributed by atoms with Crippen LogP contribution in [0.2, 0.25) is 0 Å². The monoisotopic (exact) mass is 252 g/mol. The second kappa shape index (κ2) is 5.89. The largest absolute Gasteiger partial charge is 0.465 e. The molecule has 0 unspecified atom stereocenters. The lowest BCUT2D eigenvalue weighted by Crippen LogP contribution is -2.21. The molecule has 0 atom stereocenters. The summed E-state index contributed by atoms with van der Waals surface area (Å²) < 4.78 is 4.60. The van der Waals surface area contributed by atoms with Crippen molar-refractivity contribution >= 4 is 11.8 Å². The van der Waals surface area contributed by atoms with Crippen LogP contribution in [0.15, 0.2) is 24.3 Å². The Morgan fingerprint density at radius 3 is 2.47 bits per heavy atom. The van der Waals surface area contributed by atoms with Gasteiger partial charge in [-0.2, -0.15) is 0 Å². The van der Waals surface area contributed by atoms with Gasteiger partial charge in [0.2, 0.25) is 0 Å². The fraction of sp³-hybridized carbons (Fsp3) is 0.250. The number of benzene rings is 1. The minimum atomic E-state index is -0.367. The molecule has 3 heteroatoms. The summed E-state index contributed by atoms with van der Waals surface area (Å²) in [4.78, 5) is 22.0. The van der Waals surface area contributed by atoms with Gasteiger partial charge in [0.05, 0.1) is 12.7 Å². The molecule has 2 rings (SSSR count). The maximum Gasteiger partial charge on any atom is 0.337 e. The standard InChI is InChI=1S/C16H12O3/c1-19-16(18)14-8-6-12(7-9-14)4-2-3-5-13-10-15(17)11-13/h6-9,13H,10-11H2,1H3. The number of hydrogen-bond donors (Lipinski definition) is 0. The Labute approximate surface area is 112 Å². The van der Waals surface area contributed by atoms with Crippen molar-refractivity contribution in [2.75, 3.05) is 7.11 Å². The molecule has 94 valence electrons. The molecule has 0 saturated heterocycles. The van der Waals surface area contributed by atoms with Gasteiger partial charge >= 0.3 is 5.97 Å². The lowest BCUT2D eigenvalue weighted by atomic mass is 9.85. The minimum absolute atomic E-state index is 0.184. The van der Waals surface area contributed by atoms with E-state index in [1.165, 1.54) is 7.11 Å². The Balaban J connectivity index is 1.96. The number of ketones is 1. The highest BCUT2D eigenvalue weighted by molar-refractivity contribution is 5.89. The molecule has 0 N–H and O–H groups in total. The molecule has 3 nitrogen and oxygen atoms in total. The maximum atomic E-state index is 11.2. The summed E-state index contributed by atoms with van der Waals surface area (Å²) >= 11 is 0. The summed E-state index contributed by atoms with van der Waals surface area (Å²) in [6.45, 7) is 0. The summed E-state index contributed by atoms with van der Waals surface area (Å²) in [5, 5.41) is 0. The maximum absolute atomic E-state index is 11.2. The molecule has 1 saturated carbocycles. The van der Waals surface area contributed by atoms with Crippen LogP contribution in [0.25, 0.3) is 0 Å². The number of esters is 1. The van der Waals surface area contributed by atoms with E-state index in [1.807, 2.05) is 0 Å². The van der Waals surface area contributed by atoms with Crippen LogP contribution in [0.4, 0.5) is 0 Å². The number of rotatable bonds is 1. The summed E-state index contributed by atoms with van der Waals surface area (Å²) in [7, 11) is 1.34. The molecule has 1 aliphatic carbocycles. The predicted octanol–water partition coefficient (Wildman–Crippen LogP) is 1.81. The molecule has 1 aromatic rings. The number of carbonyl (C=O) groups is 2. The minimum Gasteiger partial charge on any atom is -0.465 e. The molecule has 0 spiro atoms. The highest BCUT2D eigenvalue weighted by atomic mass is 16.5. The summed E-state index contributed by atoms with van der Waals surface area (Å²) in [5.74, 6) is 11.4. The predicted molar refractivity (Wildman–Crippen MR) is 70.2 cm³/mol. The quantitative estimate of drug-likeness (QED) is 0.565. The number of Topliss-reactive ketones (excluding diaryl/α,β-unsaturated/α-hetero) is 1. The van der Waals surface area contributed by atoms with Crippen LogP contribution in [-0.2, 0) is 9.53 Å². The second-order valence-electron chi connectivity index (χ2n) is 4.23. The molecule has 0 amide bonds. The van der Waals surface area contributed by atoms with Crippen molar-refractivity contribution < 1.29 is 14.3 Å². The molecule has 0 heterocycles. The first-order valence-corrected chi connectivity index (χ1v) is 5.90. The van der Waals surface area contributed by atoms with Crippen molar-refractivity contribution in [3.8, 4) is 23.7 Å². The summed E-state index contributed by atoms with van der Waals surface area (Å²) in [6.07, 6.45) is 1.12. The first kappa shape index (κ1) is 12.9. The Kier molecular flexibility index (Phi) is 4.00. The van der Waals surface area contributed by atoms with Gasteiger partial charge in [0, 0.05) is 24.3 Å². The zero-order valence-electron chi connectivity index (χ0n) is 10.5. The number of methoxy groups -OCH3 is 1. The molecule has 0 aromatic heterocycles. The third-order valence-corrected chi connectivity index (χ3v) is 2.80. The highest BCUT2D eigenvalue weighted by Gasteiger charge is 2.23. The van der Waals surface area contributed by atoms with E-state index in [9.17, 15) is 9.59 Å². The Bertz CT molecular complexity index is 610. The van der Waals surface area contributed by atoms with Crippen LogP contribution in [-0.4, -0.2) is 18.9 Å². The van der Waals surface area contributed by atoms with Crippen LogP contribution in [0.5, 0.6) is 0 Å². The smallest absolute Gasteiger partial charge is 0.337 e. The summed E-state index contributed by atoms with van der Waals surface area (Å²) in [5.41, 5.74) is 1.28. The first-order chi connectivity index (χ1) is 9.19. The van der Waals surface area contributed by atoms with Gasteiger partial charge in [-0.05, 0) is 36.1 Å². The zero-order valence-corrected chi connectivity index (χ0v) is 10.5.